The van der Waals surface area contributed by atoms with Gasteiger partial charge in [-0.05, 0) is 18.6 Å². The van der Waals surface area contributed by atoms with E-state index < -0.39 is 10.7 Å². The minimum atomic E-state index is -0.853. The monoisotopic (exact) mass is 187 g/mol. The molecule has 0 aliphatic heterocycles. The van der Waals surface area contributed by atoms with Gasteiger partial charge in [0.05, 0.1) is 0 Å². The highest BCUT2D eigenvalue weighted by Gasteiger charge is 2.32. The number of nitro groups is 1. The Morgan fingerprint density at radius 1 is 1.69 bits per heavy atom. The van der Waals surface area contributed by atoms with Crippen LogP contribution in [0.15, 0.2) is 0 Å². The van der Waals surface area contributed by atoms with E-state index in [0.29, 0.717) is 0 Å². The SMILES string of the molecule is CC(C)n1nc(N)c([N+](=O)[O-])[n+]1[O-]. The van der Waals surface area contributed by atoms with Crippen LogP contribution in [-0.4, -0.2) is 14.8 Å². The molecule has 0 atom stereocenters. The lowest BCUT2D eigenvalue weighted by molar-refractivity contribution is -0.738. The molecule has 0 aliphatic carbocycles. The van der Waals surface area contributed by atoms with Crippen molar-refractivity contribution in [3.63, 3.8) is 0 Å². The number of hydrogen-bond donors (Lipinski definition) is 1. The van der Waals surface area contributed by atoms with E-state index in [0.717, 1.165) is 4.80 Å². The average Bonchev–Trinajstić information content (AvgIpc) is 2.26. The normalized spacial score (nSPS) is 10.7. The van der Waals surface area contributed by atoms with E-state index in [1.807, 2.05) is 0 Å². The summed E-state index contributed by atoms with van der Waals surface area (Å²) in [6.45, 7) is 3.34. The summed E-state index contributed by atoms with van der Waals surface area (Å²) in [6.07, 6.45) is 0. The van der Waals surface area contributed by atoms with Crippen LogP contribution in [0.5, 0.6) is 0 Å². The van der Waals surface area contributed by atoms with Crippen LogP contribution in [0.2, 0.25) is 0 Å². The van der Waals surface area contributed by atoms with E-state index in [-0.39, 0.29) is 16.7 Å². The van der Waals surface area contributed by atoms with Crippen molar-refractivity contribution in [1.82, 2.24) is 9.90 Å². The standard InChI is InChI=1S/C5H9N5O3/c1-3(2)8-7-4(6)5(9(8)11)10(12)13/h3H,1-2H3,(H2,6,7). The Morgan fingerprint density at radius 3 is 2.46 bits per heavy atom. The Bertz CT molecular complexity index is 344. The number of nitrogen functional groups attached to an aromatic ring is 1. The molecule has 2 N–H and O–H groups in total. The number of anilines is 1. The van der Waals surface area contributed by atoms with Gasteiger partial charge in [0, 0.05) is 4.85 Å². The Morgan fingerprint density at radius 2 is 2.23 bits per heavy atom. The summed E-state index contributed by atoms with van der Waals surface area (Å²) in [5.74, 6) is -1.09. The Labute approximate surface area is 73.3 Å². The van der Waals surface area contributed by atoms with Gasteiger partial charge in [-0.25, -0.2) is 0 Å². The number of hydrogen-bond acceptors (Lipinski definition) is 5. The van der Waals surface area contributed by atoms with Crippen molar-refractivity contribution in [2.75, 3.05) is 5.73 Å². The molecule has 0 spiro atoms. The van der Waals surface area contributed by atoms with Gasteiger partial charge >= 0.3 is 11.6 Å². The third-order valence-electron chi connectivity index (χ3n) is 1.44. The first-order chi connectivity index (χ1) is 5.95. The summed E-state index contributed by atoms with van der Waals surface area (Å²) in [5.41, 5.74) is 5.19. The number of aromatic nitrogens is 3. The molecule has 8 nitrogen and oxygen atoms in total. The maximum atomic E-state index is 11.2. The van der Waals surface area contributed by atoms with E-state index in [4.69, 9.17) is 5.73 Å². The maximum absolute atomic E-state index is 11.2. The second-order valence-corrected chi connectivity index (χ2v) is 2.75. The van der Waals surface area contributed by atoms with E-state index in [9.17, 15) is 15.3 Å². The van der Waals surface area contributed by atoms with Crippen LogP contribution >= 0.6 is 0 Å². The van der Waals surface area contributed by atoms with Gasteiger partial charge in [0.15, 0.2) is 0 Å². The third-order valence-corrected chi connectivity index (χ3v) is 1.44. The van der Waals surface area contributed by atoms with Crippen LogP contribution in [0.25, 0.3) is 0 Å². The Kier molecular flexibility index (Phi) is 2.05. The van der Waals surface area contributed by atoms with Crippen LogP contribution in [0.1, 0.15) is 19.9 Å². The quantitative estimate of drug-likeness (QED) is 0.292. The van der Waals surface area contributed by atoms with Gasteiger partial charge in [0.25, 0.3) is 0 Å². The zero-order chi connectivity index (χ0) is 10.2. The van der Waals surface area contributed by atoms with Crippen LogP contribution in [0.4, 0.5) is 11.6 Å². The van der Waals surface area contributed by atoms with Crippen molar-refractivity contribution in [1.29, 1.82) is 0 Å². The minimum Gasteiger partial charge on any atom is -0.590 e. The first kappa shape index (κ1) is 9.23. The van der Waals surface area contributed by atoms with Crippen molar-refractivity contribution < 1.29 is 9.77 Å². The van der Waals surface area contributed by atoms with Crippen LogP contribution < -0.4 is 10.6 Å². The van der Waals surface area contributed by atoms with E-state index >= 15 is 0 Å². The van der Waals surface area contributed by atoms with Gasteiger partial charge in [-0.2, -0.15) is 0 Å². The molecule has 0 aliphatic rings. The summed E-state index contributed by atoms with van der Waals surface area (Å²) >= 11 is 0. The number of rotatable bonds is 2. The number of nitrogens with two attached hydrogens (primary N) is 1. The van der Waals surface area contributed by atoms with Gasteiger partial charge in [-0.15, -0.1) is 0 Å². The third kappa shape index (κ3) is 1.37. The Hall–Kier alpha value is -1.86. The lowest BCUT2D eigenvalue weighted by atomic mass is 10.4. The van der Waals surface area contributed by atoms with E-state index in [1.165, 1.54) is 0 Å². The lowest BCUT2D eigenvalue weighted by Crippen LogP contribution is -2.40. The van der Waals surface area contributed by atoms with Gasteiger partial charge in [0.1, 0.15) is 11.0 Å². The Balaban J connectivity index is 3.30. The molecule has 0 saturated carbocycles. The molecule has 0 radical (unpaired) electrons. The molecule has 1 aromatic heterocycles. The van der Waals surface area contributed by atoms with Gasteiger partial charge in [-0.3, -0.25) is 10.1 Å². The molecule has 8 heteroatoms. The van der Waals surface area contributed by atoms with Gasteiger partial charge in [-0.1, -0.05) is 5.10 Å². The maximum Gasteiger partial charge on any atom is 0.582 e. The molecule has 0 saturated heterocycles. The van der Waals surface area contributed by atoms with Crippen LogP contribution in [0, 0.1) is 15.3 Å². The predicted molar refractivity (Wildman–Crippen MR) is 42.6 cm³/mol. The summed E-state index contributed by atoms with van der Waals surface area (Å²) in [4.78, 5) is 10.5. The van der Waals surface area contributed by atoms with Crippen LogP contribution in [-0.2, 0) is 0 Å². The molecule has 0 unspecified atom stereocenters. The average molecular weight is 187 g/mol. The zero-order valence-electron chi connectivity index (χ0n) is 7.17. The summed E-state index contributed by atoms with van der Waals surface area (Å²) < 4.78 is 0. The fourth-order valence-electron chi connectivity index (χ4n) is 0.879. The smallest absolute Gasteiger partial charge is 0.582 e. The molecule has 72 valence electrons. The van der Waals surface area contributed by atoms with Crippen molar-refractivity contribution in [3.8, 4) is 0 Å². The molecule has 1 rings (SSSR count). The fourth-order valence-corrected chi connectivity index (χ4v) is 0.879. The van der Waals surface area contributed by atoms with Crippen molar-refractivity contribution >= 4 is 11.6 Å². The van der Waals surface area contributed by atoms with Crippen molar-refractivity contribution in [2.45, 2.75) is 19.9 Å². The molecule has 0 aromatic carbocycles. The summed E-state index contributed by atoms with van der Waals surface area (Å²) in [6, 6.07) is -0.270. The second-order valence-electron chi connectivity index (χ2n) is 2.75. The topological polar surface area (TPSA) is 114 Å². The number of nitrogens with zero attached hydrogens (tertiary/aromatic N) is 4. The highest BCUT2D eigenvalue weighted by atomic mass is 16.6. The molecular weight excluding hydrogens is 178 g/mol. The van der Waals surface area contributed by atoms with Crippen molar-refractivity contribution in [2.24, 2.45) is 0 Å². The van der Waals surface area contributed by atoms with Crippen molar-refractivity contribution in [3.05, 3.63) is 15.3 Å². The highest BCUT2D eigenvalue weighted by Crippen LogP contribution is 2.13. The predicted octanol–water partition coefficient (Wildman–Crippen LogP) is -0.412. The van der Waals surface area contributed by atoms with Gasteiger partial charge in [0.2, 0.25) is 0 Å². The molecular formula is C5H9N5O3. The molecule has 0 amide bonds. The first-order valence-electron chi connectivity index (χ1n) is 3.57. The lowest BCUT2D eigenvalue weighted by Gasteiger charge is -2.01. The molecule has 0 bridgehead atoms. The minimum absolute atomic E-state index is 0.0833. The zero-order valence-corrected chi connectivity index (χ0v) is 7.17. The molecule has 0 fully saturated rings. The largest absolute Gasteiger partial charge is 0.590 e. The molecule has 1 heterocycles. The van der Waals surface area contributed by atoms with Gasteiger partial charge < -0.3 is 10.9 Å². The first-order valence-corrected chi connectivity index (χ1v) is 3.57. The molecule has 1 aromatic rings. The second kappa shape index (κ2) is 2.88. The van der Waals surface area contributed by atoms with E-state index in [2.05, 4.69) is 5.10 Å². The molecule has 13 heavy (non-hydrogen) atoms. The van der Waals surface area contributed by atoms with E-state index in [1.54, 1.807) is 13.8 Å². The summed E-state index contributed by atoms with van der Waals surface area (Å²) in [5, 5.41) is 25.0. The van der Waals surface area contributed by atoms with Crippen LogP contribution in [0.3, 0.4) is 0 Å². The highest BCUT2D eigenvalue weighted by molar-refractivity contribution is 5.40. The summed E-state index contributed by atoms with van der Waals surface area (Å²) in [7, 11) is 0. The fraction of sp³-hybridized carbons (Fsp3) is 0.600.